The smallest absolute Gasteiger partial charge is 0.408 e. The SMILES string of the molecule is C=CCN(C(=O)C(Cc1ccc(O)cc1)NC(=O)OC(C)(C)C)C(C(=O)NCCCCC)c1ccc(O)c(C)c1. The molecular formula is C31H43N3O6. The Labute approximate surface area is 237 Å². The minimum absolute atomic E-state index is 0.0217. The van der Waals surface area contributed by atoms with E-state index in [0.29, 0.717) is 23.2 Å². The van der Waals surface area contributed by atoms with Gasteiger partial charge in [-0.3, -0.25) is 9.59 Å². The van der Waals surface area contributed by atoms with Crippen LogP contribution >= 0.6 is 0 Å². The molecule has 0 radical (unpaired) electrons. The number of amides is 3. The highest BCUT2D eigenvalue weighted by atomic mass is 16.6. The summed E-state index contributed by atoms with van der Waals surface area (Å²) in [6.07, 6.45) is 3.57. The van der Waals surface area contributed by atoms with Crippen LogP contribution in [-0.2, 0) is 20.7 Å². The zero-order valence-electron chi connectivity index (χ0n) is 24.2. The lowest BCUT2D eigenvalue weighted by Crippen LogP contribution is -2.54. The molecule has 9 nitrogen and oxygen atoms in total. The second kappa shape index (κ2) is 15.0. The molecule has 0 saturated carbocycles. The van der Waals surface area contributed by atoms with Gasteiger partial charge >= 0.3 is 6.09 Å². The van der Waals surface area contributed by atoms with Gasteiger partial charge in [-0.15, -0.1) is 6.58 Å². The molecule has 0 aliphatic carbocycles. The van der Waals surface area contributed by atoms with E-state index in [1.165, 1.54) is 29.2 Å². The third kappa shape index (κ3) is 9.94. The highest BCUT2D eigenvalue weighted by Crippen LogP contribution is 2.27. The number of carbonyl (C=O) groups is 3. The number of benzene rings is 2. The van der Waals surface area contributed by atoms with Crippen molar-refractivity contribution in [2.45, 2.75) is 78.0 Å². The summed E-state index contributed by atoms with van der Waals surface area (Å²) in [5.41, 5.74) is 0.965. The van der Waals surface area contributed by atoms with E-state index in [0.717, 1.165) is 19.3 Å². The predicted molar refractivity (Wildman–Crippen MR) is 155 cm³/mol. The van der Waals surface area contributed by atoms with Crippen molar-refractivity contribution in [3.05, 3.63) is 71.8 Å². The Morgan fingerprint density at radius 3 is 2.33 bits per heavy atom. The molecule has 0 aliphatic heterocycles. The number of hydrogen-bond acceptors (Lipinski definition) is 6. The Balaban J connectivity index is 2.51. The van der Waals surface area contributed by atoms with Crippen LogP contribution in [0, 0.1) is 6.92 Å². The van der Waals surface area contributed by atoms with Crippen molar-refractivity contribution in [1.82, 2.24) is 15.5 Å². The molecule has 40 heavy (non-hydrogen) atoms. The zero-order chi connectivity index (χ0) is 29.9. The van der Waals surface area contributed by atoms with Crippen LogP contribution < -0.4 is 10.6 Å². The van der Waals surface area contributed by atoms with E-state index in [1.807, 2.05) is 0 Å². The number of aryl methyl sites for hydroxylation is 1. The molecule has 0 spiro atoms. The van der Waals surface area contributed by atoms with Gasteiger partial charge in [0.2, 0.25) is 11.8 Å². The maximum atomic E-state index is 14.2. The molecule has 4 N–H and O–H groups in total. The normalized spacial score (nSPS) is 12.6. The molecule has 2 rings (SSSR count). The summed E-state index contributed by atoms with van der Waals surface area (Å²) < 4.78 is 5.42. The van der Waals surface area contributed by atoms with Crippen molar-refractivity contribution in [3.8, 4) is 11.5 Å². The molecule has 3 amide bonds. The standard InChI is InChI=1S/C31H43N3O6/c1-7-9-10-17-32-28(37)27(23-13-16-26(36)21(3)19-23)34(18-8-2)29(38)25(33-30(39)40-31(4,5)6)20-22-11-14-24(35)15-12-22/h8,11-16,19,25,27,35-36H,2,7,9-10,17-18,20H2,1,3-6H3,(H,32,37)(H,33,39). The van der Waals surface area contributed by atoms with Crippen LogP contribution in [0.1, 0.15) is 69.7 Å². The number of hydrogen-bond donors (Lipinski definition) is 4. The summed E-state index contributed by atoms with van der Waals surface area (Å²) in [7, 11) is 0. The Kier molecular flexibility index (Phi) is 12.0. The van der Waals surface area contributed by atoms with Crippen LogP contribution in [0.25, 0.3) is 0 Å². The van der Waals surface area contributed by atoms with Gasteiger partial charge in [0.1, 0.15) is 29.2 Å². The topological polar surface area (TPSA) is 128 Å². The number of phenols is 2. The number of ether oxygens (including phenoxy) is 1. The average molecular weight is 554 g/mol. The van der Waals surface area contributed by atoms with Crippen LogP contribution in [-0.4, -0.2) is 57.8 Å². The lowest BCUT2D eigenvalue weighted by molar-refractivity contribution is -0.141. The average Bonchev–Trinajstić information content (AvgIpc) is 2.87. The molecule has 9 heteroatoms. The first-order chi connectivity index (χ1) is 18.9. The third-order valence-electron chi connectivity index (χ3n) is 6.15. The fraction of sp³-hybridized carbons (Fsp3) is 0.452. The molecule has 2 unspecified atom stereocenters. The number of aromatic hydroxyl groups is 2. The van der Waals surface area contributed by atoms with Crippen LogP contribution in [0.15, 0.2) is 55.1 Å². The molecule has 2 atom stereocenters. The third-order valence-corrected chi connectivity index (χ3v) is 6.15. The molecule has 0 heterocycles. The molecule has 2 aromatic rings. The largest absolute Gasteiger partial charge is 0.508 e. The molecule has 0 aromatic heterocycles. The van der Waals surface area contributed by atoms with Crippen molar-refractivity contribution >= 4 is 17.9 Å². The first kappa shape index (κ1) is 32.2. The molecule has 0 aliphatic rings. The summed E-state index contributed by atoms with van der Waals surface area (Å²) >= 11 is 0. The number of carbonyl (C=O) groups excluding carboxylic acids is 3. The highest BCUT2D eigenvalue weighted by Gasteiger charge is 2.36. The van der Waals surface area contributed by atoms with E-state index in [4.69, 9.17) is 4.74 Å². The lowest BCUT2D eigenvalue weighted by atomic mass is 9.98. The second-order valence-electron chi connectivity index (χ2n) is 10.8. The molecule has 218 valence electrons. The minimum Gasteiger partial charge on any atom is -0.508 e. The highest BCUT2D eigenvalue weighted by molar-refractivity contribution is 5.92. The predicted octanol–water partition coefficient (Wildman–Crippen LogP) is 4.90. The van der Waals surface area contributed by atoms with Crippen LogP contribution in [0.2, 0.25) is 0 Å². The Morgan fingerprint density at radius 1 is 1.07 bits per heavy atom. The monoisotopic (exact) mass is 553 g/mol. The van der Waals surface area contributed by atoms with Gasteiger partial charge < -0.3 is 30.5 Å². The summed E-state index contributed by atoms with van der Waals surface area (Å²) in [5.74, 6) is -0.748. The lowest BCUT2D eigenvalue weighted by Gasteiger charge is -2.34. The van der Waals surface area contributed by atoms with Crippen molar-refractivity contribution in [3.63, 3.8) is 0 Å². The maximum Gasteiger partial charge on any atom is 0.408 e. The number of rotatable bonds is 13. The van der Waals surface area contributed by atoms with Gasteiger partial charge in [0, 0.05) is 19.5 Å². The van der Waals surface area contributed by atoms with Gasteiger partial charge in [-0.2, -0.15) is 0 Å². The van der Waals surface area contributed by atoms with Gasteiger partial charge in [-0.25, -0.2) is 4.79 Å². The van der Waals surface area contributed by atoms with E-state index >= 15 is 0 Å². The molecule has 0 fully saturated rings. The van der Waals surface area contributed by atoms with Crippen molar-refractivity contribution in [2.24, 2.45) is 0 Å². The van der Waals surface area contributed by atoms with E-state index in [-0.39, 0.29) is 30.4 Å². The van der Waals surface area contributed by atoms with Gasteiger partial charge in [0.05, 0.1) is 0 Å². The van der Waals surface area contributed by atoms with Crippen molar-refractivity contribution in [2.75, 3.05) is 13.1 Å². The number of nitrogens with zero attached hydrogens (tertiary/aromatic N) is 1. The summed E-state index contributed by atoms with van der Waals surface area (Å²) in [4.78, 5) is 41.9. The molecule has 0 saturated heterocycles. The number of alkyl carbamates (subject to hydrolysis) is 1. The molecule has 0 bridgehead atoms. The Bertz CT molecular complexity index is 1160. The van der Waals surface area contributed by atoms with Gasteiger partial charge in [-0.1, -0.05) is 44.0 Å². The molecular weight excluding hydrogens is 510 g/mol. The second-order valence-corrected chi connectivity index (χ2v) is 10.8. The Hall–Kier alpha value is -4.01. The van der Waals surface area contributed by atoms with E-state index < -0.39 is 29.7 Å². The maximum absolute atomic E-state index is 14.2. The van der Waals surface area contributed by atoms with Crippen LogP contribution in [0.4, 0.5) is 4.79 Å². The van der Waals surface area contributed by atoms with Gasteiger partial charge in [0.15, 0.2) is 0 Å². The number of phenolic OH excluding ortho intramolecular Hbond substituents is 2. The van der Waals surface area contributed by atoms with Crippen LogP contribution in [0.3, 0.4) is 0 Å². The first-order valence-corrected chi connectivity index (χ1v) is 13.6. The number of unbranched alkanes of at least 4 members (excludes halogenated alkanes) is 2. The quantitative estimate of drug-likeness (QED) is 0.206. The Morgan fingerprint density at radius 2 is 1.75 bits per heavy atom. The van der Waals surface area contributed by atoms with Crippen LogP contribution in [0.5, 0.6) is 11.5 Å². The zero-order valence-corrected chi connectivity index (χ0v) is 24.2. The van der Waals surface area contributed by atoms with Gasteiger partial charge in [0.25, 0.3) is 0 Å². The molecule has 2 aromatic carbocycles. The number of nitrogens with one attached hydrogen (secondary N) is 2. The van der Waals surface area contributed by atoms with E-state index in [1.54, 1.807) is 52.0 Å². The summed E-state index contributed by atoms with van der Waals surface area (Å²) in [6, 6.07) is 8.95. The fourth-order valence-electron chi connectivity index (χ4n) is 4.18. The van der Waals surface area contributed by atoms with E-state index in [9.17, 15) is 24.6 Å². The van der Waals surface area contributed by atoms with Crippen molar-refractivity contribution < 1.29 is 29.3 Å². The minimum atomic E-state index is -1.09. The van der Waals surface area contributed by atoms with Crippen molar-refractivity contribution in [1.29, 1.82) is 0 Å². The fourth-order valence-corrected chi connectivity index (χ4v) is 4.18. The summed E-state index contributed by atoms with van der Waals surface area (Å²) in [6.45, 7) is 13.2. The van der Waals surface area contributed by atoms with Gasteiger partial charge in [-0.05, 0) is 75.1 Å². The first-order valence-electron chi connectivity index (χ1n) is 13.6. The summed E-state index contributed by atoms with van der Waals surface area (Å²) in [5, 5.41) is 25.4. The van der Waals surface area contributed by atoms with E-state index in [2.05, 4.69) is 24.1 Å².